The molecule has 0 bridgehead atoms. The van der Waals surface area contributed by atoms with E-state index < -0.39 is 10.0 Å². The summed E-state index contributed by atoms with van der Waals surface area (Å²) in [5.41, 5.74) is 0. The highest BCUT2D eigenvalue weighted by Crippen LogP contribution is 2.23. The van der Waals surface area contributed by atoms with E-state index in [1.54, 1.807) is 12.1 Å². The fraction of sp³-hybridized carbons (Fsp3) is 0.417. The molecule has 19 heavy (non-hydrogen) atoms. The molecule has 0 spiro atoms. The van der Waals surface area contributed by atoms with Gasteiger partial charge >= 0.3 is 0 Å². The predicted octanol–water partition coefficient (Wildman–Crippen LogP) is 1.49. The van der Waals surface area contributed by atoms with Crippen molar-refractivity contribution in [3.8, 4) is 0 Å². The Kier molecular flexibility index (Phi) is 5.78. The van der Waals surface area contributed by atoms with Crippen LogP contribution < -0.4 is 5.32 Å². The van der Waals surface area contributed by atoms with Crippen LogP contribution in [0.2, 0.25) is 5.02 Å². The van der Waals surface area contributed by atoms with Gasteiger partial charge in [0.05, 0.1) is 11.6 Å². The van der Waals surface area contributed by atoms with Gasteiger partial charge < -0.3 is 5.32 Å². The van der Waals surface area contributed by atoms with Crippen LogP contribution in [0, 0.1) is 0 Å². The number of likely N-dealkylation sites (N-methyl/N-ethyl adjacent to an activating group) is 1. The molecule has 7 heteroatoms. The molecule has 1 N–H and O–H groups in total. The summed E-state index contributed by atoms with van der Waals surface area (Å²) in [6, 6.07) is 6.15. The van der Waals surface area contributed by atoms with Crippen molar-refractivity contribution in [3.05, 3.63) is 29.3 Å². The minimum absolute atomic E-state index is 0.00228. The van der Waals surface area contributed by atoms with Crippen molar-refractivity contribution in [2.45, 2.75) is 18.2 Å². The van der Waals surface area contributed by atoms with Gasteiger partial charge in [0.2, 0.25) is 15.9 Å². The highest BCUT2D eigenvalue weighted by atomic mass is 35.5. The number of sulfonamides is 1. The van der Waals surface area contributed by atoms with Gasteiger partial charge in [0, 0.05) is 13.6 Å². The average molecular weight is 305 g/mol. The zero-order chi connectivity index (χ0) is 14.5. The standard InChI is InChI=1S/C12H17ClN2O3S/c1-3-8-14-12(16)9-15(2)19(17,18)11-7-5-4-6-10(11)13/h4-7H,3,8-9H2,1-2H3,(H,14,16). The Hall–Kier alpha value is -1.11. The first-order valence-electron chi connectivity index (χ1n) is 5.87. The number of rotatable bonds is 6. The summed E-state index contributed by atoms with van der Waals surface area (Å²) < 4.78 is 25.4. The zero-order valence-electron chi connectivity index (χ0n) is 10.9. The van der Waals surface area contributed by atoms with Crippen molar-refractivity contribution in [2.75, 3.05) is 20.1 Å². The number of benzene rings is 1. The summed E-state index contributed by atoms with van der Waals surface area (Å²) >= 11 is 5.87. The molecule has 0 aliphatic rings. The van der Waals surface area contributed by atoms with E-state index in [1.165, 1.54) is 19.2 Å². The Labute approximate surface area is 118 Å². The molecule has 106 valence electrons. The van der Waals surface area contributed by atoms with Crippen LogP contribution in [0.1, 0.15) is 13.3 Å². The third-order valence-corrected chi connectivity index (χ3v) is 4.77. The SMILES string of the molecule is CCCNC(=O)CN(C)S(=O)(=O)c1ccccc1Cl. The normalized spacial score (nSPS) is 11.6. The number of hydrogen-bond donors (Lipinski definition) is 1. The summed E-state index contributed by atoms with van der Waals surface area (Å²) in [6.45, 7) is 2.22. The van der Waals surface area contributed by atoms with E-state index >= 15 is 0 Å². The first-order chi connectivity index (χ1) is 8.89. The molecule has 0 aliphatic carbocycles. The molecular formula is C12H17ClN2O3S. The molecule has 1 amide bonds. The van der Waals surface area contributed by atoms with Gasteiger partial charge in [-0.1, -0.05) is 30.7 Å². The smallest absolute Gasteiger partial charge is 0.244 e. The molecule has 5 nitrogen and oxygen atoms in total. The van der Waals surface area contributed by atoms with Crippen LogP contribution >= 0.6 is 11.6 Å². The molecule has 0 unspecified atom stereocenters. The van der Waals surface area contributed by atoms with E-state index in [0.717, 1.165) is 10.7 Å². The second kappa shape index (κ2) is 6.88. The van der Waals surface area contributed by atoms with Crippen molar-refractivity contribution in [1.82, 2.24) is 9.62 Å². The number of amides is 1. The van der Waals surface area contributed by atoms with Crippen LogP contribution in [-0.2, 0) is 14.8 Å². The Morgan fingerprint density at radius 2 is 2.00 bits per heavy atom. The zero-order valence-corrected chi connectivity index (χ0v) is 12.5. The van der Waals surface area contributed by atoms with Gasteiger partial charge in [-0.25, -0.2) is 8.42 Å². The second-order valence-electron chi connectivity index (χ2n) is 4.04. The van der Waals surface area contributed by atoms with E-state index in [0.29, 0.717) is 6.54 Å². The molecule has 0 aliphatic heterocycles. The lowest BCUT2D eigenvalue weighted by Gasteiger charge is -2.17. The van der Waals surface area contributed by atoms with Gasteiger partial charge in [0.15, 0.2) is 0 Å². The monoisotopic (exact) mass is 304 g/mol. The molecule has 0 aromatic heterocycles. The van der Waals surface area contributed by atoms with E-state index in [1.807, 2.05) is 6.92 Å². The van der Waals surface area contributed by atoms with Crippen LogP contribution in [0.15, 0.2) is 29.2 Å². The minimum Gasteiger partial charge on any atom is -0.355 e. The molecule has 0 fully saturated rings. The predicted molar refractivity (Wildman–Crippen MR) is 74.6 cm³/mol. The summed E-state index contributed by atoms with van der Waals surface area (Å²) in [7, 11) is -2.40. The first kappa shape index (κ1) is 15.9. The maximum Gasteiger partial charge on any atom is 0.244 e. The van der Waals surface area contributed by atoms with E-state index in [4.69, 9.17) is 11.6 Å². The molecule has 0 radical (unpaired) electrons. The maximum absolute atomic E-state index is 12.2. The number of carbonyl (C=O) groups excluding carboxylic acids is 1. The number of nitrogens with one attached hydrogen (secondary N) is 1. The Bertz CT molecular complexity index is 546. The average Bonchev–Trinajstić information content (AvgIpc) is 2.36. The second-order valence-corrected chi connectivity index (χ2v) is 6.46. The molecular weight excluding hydrogens is 288 g/mol. The van der Waals surface area contributed by atoms with Crippen LogP contribution in [0.4, 0.5) is 0 Å². The van der Waals surface area contributed by atoms with Crippen LogP contribution in [-0.4, -0.2) is 38.8 Å². The summed E-state index contributed by atoms with van der Waals surface area (Å²) in [6.07, 6.45) is 0.798. The molecule has 1 aromatic carbocycles. The quantitative estimate of drug-likeness (QED) is 0.866. The highest BCUT2D eigenvalue weighted by Gasteiger charge is 2.24. The molecule has 0 saturated carbocycles. The lowest BCUT2D eigenvalue weighted by atomic mass is 10.4. The molecule has 0 atom stereocenters. The Morgan fingerprint density at radius 3 is 2.58 bits per heavy atom. The molecule has 0 heterocycles. The van der Waals surface area contributed by atoms with E-state index in [9.17, 15) is 13.2 Å². The number of carbonyl (C=O) groups is 1. The minimum atomic E-state index is -3.75. The van der Waals surface area contributed by atoms with Crippen molar-refractivity contribution >= 4 is 27.5 Å². The third kappa shape index (κ3) is 4.19. The summed E-state index contributed by atoms with van der Waals surface area (Å²) in [5, 5.41) is 2.77. The van der Waals surface area contributed by atoms with Gasteiger partial charge in [-0.05, 0) is 18.6 Å². The van der Waals surface area contributed by atoms with E-state index in [-0.39, 0.29) is 22.4 Å². The van der Waals surface area contributed by atoms with Crippen LogP contribution in [0.3, 0.4) is 0 Å². The maximum atomic E-state index is 12.2. The molecule has 1 rings (SSSR count). The lowest BCUT2D eigenvalue weighted by Crippen LogP contribution is -2.38. The largest absolute Gasteiger partial charge is 0.355 e. The fourth-order valence-corrected chi connectivity index (χ4v) is 3.05. The fourth-order valence-electron chi connectivity index (χ4n) is 1.43. The van der Waals surface area contributed by atoms with Gasteiger partial charge in [-0.2, -0.15) is 4.31 Å². The van der Waals surface area contributed by atoms with Crippen molar-refractivity contribution in [1.29, 1.82) is 0 Å². The van der Waals surface area contributed by atoms with Gasteiger partial charge in [0.25, 0.3) is 0 Å². The van der Waals surface area contributed by atoms with Gasteiger partial charge in [-0.15, -0.1) is 0 Å². The number of nitrogens with zero attached hydrogens (tertiary/aromatic N) is 1. The summed E-state index contributed by atoms with van der Waals surface area (Å²) in [5.74, 6) is -0.333. The topological polar surface area (TPSA) is 66.5 Å². The van der Waals surface area contributed by atoms with Gasteiger partial charge in [0.1, 0.15) is 4.90 Å². The first-order valence-corrected chi connectivity index (χ1v) is 7.69. The Morgan fingerprint density at radius 1 is 1.37 bits per heavy atom. The van der Waals surface area contributed by atoms with Gasteiger partial charge in [-0.3, -0.25) is 4.79 Å². The van der Waals surface area contributed by atoms with Crippen LogP contribution in [0.5, 0.6) is 0 Å². The van der Waals surface area contributed by atoms with Crippen molar-refractivity contribution in [3.63, 3.8) is 0 Å². The third-order valence-electron chi connectivity index (χ3n) is 2.46. The highest BCUT2D eigenvalue weighted by molar-refractivity contribution is 7.89. The Balaban J connectivity index is 2.84. The molecule has 0 saturated heterocycles. The van der Waals surface area contributed by atoms with E-state index in [2.05, 4.69) is 5.32 Å². The number of hydrogen-bond acceptors (Lipinski definition) is 3. The van der Waals surface area contributed by atoms with Crippen LogP contribution in [0.25, 0.3) is 0 Å². The molecule has 1 aromatic rings. The van der Waals surface area contributed by atoms with Crippen molar-refractivity contribution < 1.29 is 13.2 Å². The summed E-state index contributed by atoms with van der Waals surface area (Å²) in [4.78, 5) is 11.5. The van der Waals surface area contributed by atoms with Crippen molar-refractivity contribution in [2.24, 2.45) is 0 Å². The lowest BCUT2D eigenvalue weighted by molar-refractivity contribution is -0.121. The number of halogens is 1.